The summed E-state index contributed by atoms with van der Waals surface area (Å²) in [6, 6.07) is 7.34. The number of hydrogen-bond donors (Lipinski definition) is 1. The highest BCUT2D eigenvalue weighted by atomic mass is 16.5. The van der Waals surface area contributed by atoms with Gasteiger partial charge < -0.3 is 19.5 Å². The van der Waals surface area contributed by atoms with Crippen molar-refractivity contribution < 1.29 is 24.2 Å². The number of ether oxygens (including phenoxy) is 2. The van der Waals surface area contributed by atoms with Crippen molar-refractivity contribution in [3.05, 3.63) is 69.3 Å². The predicted octanol–water partition coefficient (Wildman–Crippen LogP) is 6.40. The maximum absolute atomic E-state index is 13.9. The minimum absolute atomic E-state index is 0.0152. The Morgan fingerprint density at radius 3 is 2.56 bits per heavy atom. The zero-order valence-electron chi connectivity index (χ0n) is 24.1. The van der Waals surface area contributed by atoms with E-state index >= 15 is 0 Å². The number of hydrogen-bond acceptors (Lipinski definition) is 5. The van der Waals surface area contributed by atoms with E-state index in [0.717, 1.165) is 53.0 Å². The molecule has 5 rings (SSSR count). The summed E-state index contributed by atoms with van der Waals surface area (Å²) in [4.78, 5) is 32.1. The van der Waals surface area contributed by atoms with Crippen LogP contribution >= 0.6 is 0 Å². The Balaban J connectivity index is 1.77. The van der Waals surface area contributed by atoms with Crippen LogP contribution < -0.4 is 4.74 Å². The van der Waals surface area contributed by atoms with E-state index in [1.807, 2.05) is 37.1 Å². The van der Waals surface area contributed by atoms with Crippen LogP contribution in [0.5, 0.6) is 5.75 Å². The van der Waals surface area contributed by atoms with Gasteiger partial charge in [0.2, 0.25) is 0 Å². The molecule has 2 aromatic rings. The molecule has 1 aromatic carbocycles. The molecule has 206 valence electrons. The molecule has 7 heteroatoms. The van der Waals surface area contributed by atoms with Crippen molar-refractivity contribution in [1.82, 2.24) is 9.88 Å². The number of rotatable bonds is 5. The van der Waals surface area contributed by atoms with Gasteiger partial charge in [0.15, 0.2) is 5.69 Å². The molecule has 7 nitrogen and oxygen atoms in total. The van der Waals surface area contributed by atoms with Gasteiger partial charge >= 0.3 is 5.97 Å². The predicted molar refractivity (Wildman–Crippen MR) is 150 cm³/mol. The fourth-order valence-electron chi connectivity index (χ4n) is 6.58. The van der Waals surface area contributed by atoms with Gasteiger partial charge in [0.05, 0.1) is 24.4 Å². The topological polar surface area (TPSA) is 89.0 Å². The lowest BCUT2D eigenvalue weighted by Crippen LogP contribution is -2.36. The molecule has 0 radical (unpaired) electrons. The molecule has 2 atom stereocenters. The third-order valence-electron chi connectivity index (χ3n) is 8.63. The maximum atomic E-state index is 13.9. The van der Waals surface area contributed by atoms with Crippen molar-refractivity contribution in [2.45, 2.75) is 72.8 Å². The van der Waals surface area contributed by atoms with Crippen LogP contribution in [0.2, 0.25) is 0 Å². The fourth-order valence-corrected chi connectivity index (χ4v) is 6.58. The molecule has 0 fully saturated rings. The highest BCUT2D eigenvalue weighted by Gasteiger charge is 2.50. The number of likely N-dealkylation sites (N-methyl/N-ethyl adjacent to an activating group) is 1. The Kier molecular flexibility index (Phi) is 6.60. The minimum atomic E-state index is -1.06. The third-order valence-corrected chi connectivity index (χ3v) is 8.63. The van der Waals surface area contributed by atoms with E-state index in [9.17, 15) is 14.7 Å². The average Bonchev–Trinajstić information content (AvgIpc) is 3.11. The lowest BCUT2D eigenvalue weighted by atomic mass is 9.69. The molecule has 0 saturated carbocycles. The minimum Gasteiger partial charge on any atom is -0.496 e. The van der Waals surface area contributed by atoms with Gasteiger partial charge in [-0.15, -0.1) is 0 Å². The Morgan fingerprint density at radius 1 is 1.21 bits per heavy atom. The first-order valence-electron chi connectivity index (χ1n) is 13.7. The number of nitrogens with zero attached hydrogens (tertiary/aromatic N) is 2. The van der Waals surface area contributed by atoms with Gasteiger partial charge in [-0.05, 0) is 72.9 Å². The fraction of sp³-hybridized carbons (Fsp3) is 0.469. The van der Waals surface area contributed by atoms with Crippen molar-refractivity contribution in [1.29, 1.82) is 0 Å². The largest absolute Gasteiger partial charge is 0.496 e. The van der Waals surface area contributed by atoms with Crippen molar-refractivity contribution >= 4 is 11.9 Å². The number of carbonyl (C=O) groups excluding carboxylic acids is 1. The molecule has 1 amide bonds. The molecule has 0 unspecified atom stereocenters. The highest BCUT2D eigenvalue weighted by Crippen LogP contribution is 2.55. The molecule has 0 saturated heterocycles. The Bertz CT molecular complexity index is 1450. The van der Waals surface area contributed by atoms with Crippen molar-refractivity contribution in [2.75, 3.05) is 14.2 Å². The normalized spacial score (nSPS) is 22.2. The standard InChI is InChI=1S/C32H38N2O5/c1-16(2)28-29-26(30(35)34(28)7)25(20-13-14-32(5,6)15-23(20)39-29)24-18(4)19(10-12-22(24)38-8)21-11-9-17(3)27(33-21)31(36)37/h9-12,16,25,28H,13-15H2,1-8H3,(H,36,37)/t25-,28-/m1/s1. The number of carboxylic acids is 1. The number of aromatic nitrogens is 1. The van der Waals surface area contributed by atoms with Crippen molar-refractivity contribution in [3.8, 4) is 17.0 Å². The average molecular weight is 531 g/mol. The Hall–Kier alpha value is -3.61. The Labute approximate surface area is 230 Å². The molecule has 3 heterocycles. The molecule has 2 aliphatic heterocycles. The van der Waals surface area contributed by atoms with Gasteiger partial charge in [-0.2, -0.15) is 0 Å². The smallest absolute Gasteiger partial charge is 0.354 e. The number of carboxylic acid groups (broad SMARTS) is 1. The van der Waals surface area contributed by atoms with Gasteiger partial charge in [-0.1, -0.05) is 33.8 Å². The second-order valence-electron chi connectivity index (χ2n) is 12.2. The van der Waals surface area contributed by atoms with E-state index in [1.165, 1.54) is 0 Å². The summed E-state index contributed by atoms with van der Waals surface area (Å²) in [5, 5.41) is 9.69. The van der Waals surface area contributed by atoms with Crippen LogP contribution in [0, 0.1) is 25.2 Å². The number of aryl methyl sites for hydroxylation is 1. The second-order valence-corrected chi connectivity index (χ2v) is 12.2. The zero-order valence-corrected chi connectivity index (χ0v) is 24.1. The van der Waals surface area contributed by atoms with Gasteiger partial charge in [0.1, 0.15) is 17.3 Å². The van der Waals surface area contributed by atoms with Gasteiger partial charge in [-0.25, -0.2) is 9.78 Å². The molecule has 0 spiro atoms. The van der Waals surface area contributed by atoms with E-state index in [1.54, 1.807) is 20.1 Å². The van der Waals surface area contributed by atoms with Gasteiger partial charge in [0.25, 0.3) is 5.91 Å². The molecule has 39 heavy (non-hydrogen) atoms. The number of amides is 1. The summed E-state index contributed by atoms with van der Waals surface area (Å²) >= 11 is 0. The summed E-state index contributed by atoms with van der Waals surface area (Å²) in [5.74, 6) is 1.23. The van der Waals surface area contributed by atoms with Crippen LogP contribution in [0.25, 0.3) is 11.3 Å². The molecule has 0 bridgehead atoms. The summed E-state index contributed by atoms with van der Waals surface area (Å²) in [7, 11) is 3.51. The van der Waals surface area contributed by atoms with Crippen molar-refractivity contribution in [2.24, 2.45) is 11.3 Å². The molecule has 1 aliphatic carbocycles. The highest BCUT2D eigenvalue weighted by molar-refractivity contribution is 6.00. The van der Waals surface area contributed by atoms with Gasteiger partial charge in [0, 0.05) is 30.5 Å². The number of allylic oxidation sites excluding steroid dienone is 2. The van der Waals surface area contributed by atoms with Crippen LogP contribution in [0.3, 0.4) is 0 Å². The SMILES string of the molecule is COc1ccc(-c2ccc(C)c(C(=O)O)n2)c(C)c1[C@H]1C2=C(CC(C)(C)CC2)OC2=C1C(=O)N(C)[C@@H]2C(C)C. The Morgan fingerprint density at radius 2 is 1.92 bits per heavy atom. The van der Waals surface area contributed by atoms with Crippen LogP contribution in [0.1, 0.15) is 80.1 Å². The zero-order chi connectivity index (χ0) is 28.4. The quantitative estimate of drug-likeness (QED) is 0.481. The van der Waals surface area contributed by atoms with Crippen molar-refractivity contribution in [3.63, 3.8) is 0 Å². The van der Waals surface area contributed by atoms with E-state index < -0.39 is 5.97 Å². The first-order valence-corrected chi connectivity index (χ1v) is 13.7. The third kappa shape index (κ3) is 4.32. The number of carbonyl (C=O) groups is 2. The molecule has 3 aliphatic rings. The van der Waals surface area contributed by atoms with Crippen LogP contribution in [0.15, 0.2) is 46.9 Å². The monoisotopic (exact) mass is 530 g/mol. The van der Waals surface area contributed by atoms with Crippen LogP contribution in [-0.4, -0.2) is 47.1 Å². The lowest BCUT2D eigenvalue weighted by Gasteiger charge is -2.40. The lowest BCUT2D eigenvalue weighted by molar-refractivity contribution is -0.126. The van der Waals surface area contributed by atoms with Crippen LogP contribution in [-0.2, 0) is 9.53 Å². The van der Waals surface area contributed by atoms with Crippen LogP contribution in [0.4, 0.5) is 0 Å². The van der Waals surface area contributed by atoms with E-state index in [0.29, 0.717) is 22.6 Å². The summed E-state index contributed by atoms with van der Waals surface area (Å²) in [6.07, 6.45) is 2.63. The van der Waals surface area contributed by atoms with E-state index in [4.69, 9.17) is 9.47 Å². The maximum Gasteiger partial charge on any atom is 0.354 e. The number of pyridine rings is 1. The van der Waals surface area contributed by atoms with Gasteiger partial charge in [-0.3, -0.25) is 4.79 Å². The number of methoxy groups -OCH3 is 1. The number of benzene rings is 1. The second kappa shape index (κ2) is 9.54. The molecular formula is C32H38N2O5. The molecule has 1 aromatic heterocycles. The summed E-state index contributed by atoms with van der Waals surface area (Å²) in [5.41, 5.74) is 5.81. The summed E-state index contributed by atoms with van der Waals surface area (Å²) in [6.45, 7) is 12.5. The number of aromatic carboxylic acids is 1. The molecule has 1 N–H and O–H groups in total. The first-order chi connectivity index (χ1) is 18.4. The first kappa shape index (κ1) is 27.0. The molecular weight excluding hydrogens is 492 g/mol. The summed E-state index contributed by atoms with van der Waals surface area (Å²) < 4.78 is 12.6. The van der Waals surface area contributed by atoms with E-state index in [2.05, 4.69) is 32.7 Å². The van der Waals surface area contributed by atoms with E-state index in [-0.39, 0.29) is 34.9 Å².